The first-order valence-electron chi connectivity index (χ1n) is 6.80. The molecule has 1 amide bonds. The van der Waals surface area contributed by atoms with E-state index in [2.05, 4.69) is 20.5 Å². The third kappa shape index (κ3) is 2.49. The number of hydrogen-bond donors (Lipinski definition) is 4. The number of amides is 1. The summed E-state index contributed by atoms with van der Waals surface area (Å²) in [5, 5.41) is 10.3. The first kappa shape index (κ1) is 14.0. The number of nitrogens with two attached hydrogens (primary N) is 2. The Balaban J connectivity index is 1.89. The van der Waals surface area contributed by atoms with Crippen LogP contribution in [-0.2, 0) is 0 Å². The summed E-state index contributed by atoms with van der Waals surface area (Å²) in [6.45, 7) is 1.85. The standard InChI is InChI=1S/C15H16N6O/c1-8(16)10-3-2-9(6-12(10)17)15(22)20-13-4-5-18-14-11(13)7-19-21-14/h2-8H,16-17H2,1H3,(H2,18,19,20,21,22). The van der Waals surface area contributed by atoms with Gasteiger partial charge >= 0.3 is 0 Å². The average molecular weight is 296 g/mol. The normalized spacial score (nSPS) is 12.3. The maximum Gasteiger partial charge on any atom is 0.255 e. The van der Waals surface area contributed by atoms with E-state index in [0.29, 0.717) is 22.6 Å². The minimum Gasteiger partial charge on any atom is -0.398 e. The minimum atomic E-state index is -0.253. The highest BCUT2D eigenvalue weighted by Crippen LogP contribution is 2.22. The number of nitrogens with one attached hydrogen (secondary N) is 2. The lowest BCUT2D eigenvalue weighted by Crippen LogP contribution is -2.14. The predicted octanol–water partition coefficient (Wildman–Crippen LogP) is 1.81. The van der Waals surface area contributed by atoms with Gasteiger partial charge in [0.1, 0.15) is 0 Å². The number of hydrogen-bond acceptors (Lipinski definition) is 5. The van der Waals surface area contributed by atoms with E-state index in [4.69, 9.17) is 11.5 Å². The summed E-state index contributed by atoms with van der Waals surface area (Å²) < 4.78 is 0. The number of pyridine rings is 1. The van der Waals surface area contributed by atoms with E-state index in [-0.39, 0.29) is 11.9 Å². The second-order valence-corrected chi connectivity index (χ2v) is 5.08. The van der Waals surface area contributed by atoms with Crippen molar-refractivity contribution in [3.05, 3.63) is 47.8 Å². The van der Waals surface area contributed by atoms with Crippen molar-refractivity contribution >= 4 is 28.3 Å². The molecule has 22 heavy (non-hydrogen) atoms. The van der Waals surface area contributed by atoms with Crippen molar-refractivity contribution in [2.75, 3.05) is 11.1 Å². The van der Waals surface area contributed by atoms with Crippen LogP contribution in [0, 0.1) is 0 Å². The molecule has 1 atom stereocenters. The van der Waals surface area contributed by atoms with Crippen LogP contribution in [0.3, 0.4) is 0 Å². The Labute approximate surface area is 126 Å². The number of carbonyl (C=O) groups excluding carboxylic acids is 1. The average Bonchev–Trinajstić information content (AvgIpc) is 2.96. The quantitative estimate of drug-likeness (QED) is 0.549. The van der Waals surface area contributed by atoms with E-state index in [1.54, 1.807) is 36.7 Å². The molecule has 0 aliphatic rings. The second-order valence-electron chi connectivity index (χ2n) is 5.08. The molecule has 6 N–H and O–H groups in total. The highest BCUT2D eigenvalue weighted by Gasteiger charge is 2.12. The number of nitrogen functional groups attached to an aromatic ring is 1. The van der Waals surface area contributed by atoms with Crippen LogP contribution in [0.15, 0.2) is 36.7 Å². The van der Waals surface area contributed by atoms with E-state index in [1.807, 2.05) is 6.92 Å². The predicted molar refractivity (Wildman–Crippen MR) is 85.3 cm³/mol. The van der Waals surface area contributed by atoms with Gasteiger partial charge in [-0.05, 0) is 30.7 Å². The first-order chi connectivity index (χ1) is 10.6. The van der Waals surface area contributed by atoms with E-state index >= 15 is 0 Å². The van der Waals surface area contributed by atoms with Crippen molar-refractivity contribution in [1.82, 2.24) is 15.2 Å². The summed E-state index contributed by atoms with van der Waals surface area (Å²) in [6.07, 6.45) is 3.22. The second kappa shape index (κ2) is 5.45. The number of anilines is 2. The molecule has 2 heterocycles. The number of nitrogens with zero attached hydrogens (tertiary/aromatic N) is 2. The van der Waals surface area contributed by atoms with Gasteiger partial charge in [-0.2, -0.15) is 5.10 Å². The molecule has 2 aromatic heterocycles. The molecule has 3 aromatic rings. The fraction of sp³-hybridized carbons (Fsp3) is 0.133. The smallest absolute Gasteiger partial charge is 0.255 e. The number of aromatic amines is 1. The number of rotatable bonds is 3. The van der Waals surface area contributed by atoms with Crippen LogP contribution in [0.2, 0.25) is 0 Å². The van der Waals surface area contributed by atoms with Crippen LogP contribution in [-0.4, -0.2) is 21.1 Å². The van der Waals surface area contributed by atoms with Gasteiger partial charge in [-0.1, -0.05) is 6.07 Å². The van der Waals surface area contributed by atoms with Crippen LogP contribution in [0.1, 0.15) is 28.9 Å². The molecular formula is C15H16N6O. The number of fused-ring (bicyclic) bond motifs is 1. The molecule has 0 fully saturated rings. The molecule has 0 aliphatic carbocycles. The van der Waals surface area contributed by atoms with Gasteiger partial charge in [-0.25, -0.2) is 4.98 Å². The van der Waals surface area contributed by atoms with Crippen molar-refractivity contribution in [3.63, 3.8) is 0 Å². The Hall–Kier alpha value is -2.93. The molecule has 7 nitrogen and oxygen atoms in total. The van der Waals surface area contributed by atoms with Crippen LogP contribution in [0.25, 0.3) is 11.0 Å². The highest BCUT2D eigenvalue weighted by molar-refractivity contribution is 6.08. The monoisotopic (exact) mass is 296 g/mol. The summed E-state index contributed by atoms with van der Waals surface area (Å²) in [7, 11) is 0. The summed E-state index contributed by atoms with van der Waals surface area (Å²) in [6, 6.07) is 6.65. The number of carbonyl (C=O) groups is 1. The van der Waals surface area contributed by atoms with Crippen LogP contribution in [0.4, 0.5) is 11.4 Å². The zero-order valence-electron chi connectivity index (χ0n) is 12.0. The van der Waals surface area contributed by atoms with Crippen molar-refractivity contribution < 1.29 is 4.79 Å². The van der Waals surface area contributed by atoms with Crippen LogP contribution < -0.4 is 16.8 Å². The molecule has 0 saturated carbocycles. The van der Waals surface area contributed by atoms with E-state index < -0.39 is 0 Å². The molecule has 1 aromatic carbocycles. The fourth-order valence-corrected chi connectivity index (χ4v) is 2.29. The molecule has 7 heteroatoms. The Kier molecular flexibility index (Phi) is 3.48. The zero-order valence-corrected chi connectivity index (χ0v) is 12.0. The summed E-state index contributed by atoms with van der Waals surface area (Å²) in [5.41, 5.74) is 14.8. The van der Waals surface area contributed by atoms with Gasteiger partial charge in [0.05, 0.1) is 17.3 Å². The van der Waals surface area contributed by atoms with Crippen LogP contribution >= 0.6 is 0 Å². The van der Waals surface area contributed by atoms with Gasteiger partial charge in [0.15, 0.2) is 5.65 Å². The van der Waals surface area contributed by atoms with Crippen molar-refractivity contribution in [3.8, 4) is 0 Å². The zero-order chi connectivity index (χ0) is 15.7. The maximum atomic E-state index is 12.4. The number of benzene rings is 1. The topological polar surface area (TPSA) is 123 Å². The SMILES string of the molecule is CC(N)c1ccc(C(=O)Nc2ccnc3[nH]ncc23)cc1N. The molecule has 112 valence electrons. The Morgan fingerprint density at radius 1 is 1.36 bits per heavy atom. The number of aromatic nitrogens is 3. The van der Waals surface area contributed by atoms with Gasteiger partial charge in [0.25, 0.3) is 5.91 Å². The third-order valence-corrected chi connectivity index (χ3v) is 3.44. The Morgan fingerprint density at radius 2 is 2.18 bits per heavy atom. The highest BCUT2D eigenvalue weighted by atomic mass is 16.1. The number of H-pyrrole nitrogens is 1. The van der Waals surface area contributed by atoms with Gasteiger partial charge in [0, 0.05) is 23.5 Å². The van der Waals surface area contributed by atoms with Gasteiger partial charge < -0.3 is 16.8 Å². The third-order valence-electron chi connectivity index (χ3n) is 3.44. The lowest BCUT2D eigenvalue weighted by Gasteiger charge is -2.11. The van der Waals surface area contributed by atoms with E-state index in [9.17, 15) is 4.79 Å². The molecule has 3 rings (SSSR count). The van der Waals surface area contributed by atoms with E-state index in [0.717, 1.165) is 10.9 Å². The molecule has 0 aliphatic heterocycles. The summed E-state index contributed by atoms with van der Waals surface area (Å²) in [5.74, 6) is -0.253. The van der Waals surface area contributed by atoms with Gasteiger partial charge in [0.2, 0.25) is 0 Å². The largest absolute Gasteiger partial charge is 0.398 e. The lowest BCUT2D eigenvalue weighted by atomic mass is 10.0. The van der Waals surface area contributed by atoms with E-state index in [1.165, 1.54) is 0 Å². The fourth-order valence-electron chi connectivity index (χ4n) is 2.29. The van der Waals surface area contributed by atoms with Gasteiger partial charge in [-0.3, -0.25) is 9.89 Å². The molecule has 0 spiro atoms. The molecular weight excluding hydrogens is 280 g/mol. The molecule has 1 unspecified atom stereocenters. The summed E-state index contributed by atoms with van der Waals surface area (Å²) in [4.78, 5) is 16.5. The Morgan fingerprint density at radius 3 is 2.91 bits per heavy atom. The van der Waals surface area contributed by atoms with Gasteiger partial charge in [-0.15, -0.1) is 0 Å². The van der Waals surface area contributed by atoms with Crippen molar-refractivity contribution in [1.29, 1.82) is 0 Å². The summed E-state index contributed by atoms with van der Waals surface area (Å²) >= 11 is 0. The van der Waals surface area contributed by atoms with Crippen molar-refractivity contribution in [2.24, 2.45) is 5.73 Å². The molecule has 0 bridgehead atoms. The minimum absolute atomic E-state index is 0.178. The lowest BCUT2D eigenvalue weighted by molar-refractivity contribution is 0.102. The maximum absolute atomic E-state index is 12.4. The first-order valence-corrected chi connectivity index (χ1v) is 6.80. The molecule has 0 saturated heterocycles. The molecule has 0 radical (unpaired) electrons. The van der Waals surface area contributed by atoms with Crippen LogP contribution in [0.5, 0.6) is 0 Å². The van der Waals surface area contributed by atoms with Crippen molar-refractivity contribution in [2.45, 2.75) is 13.0 Å². The Bertz CT molecular complexity index is 839.